The normalized spacial score (nSPS) is 20.1. The summed E-state index contributed by atoms with van der Waals surface area (Å²) in [6.45, 7) is 2.81. The predicted octanol–water partition coefficient (Wildman–Crippen LogP) is -0.553. The molecule has 0 saturated carbocycles. The second kappa shape index (κ2) is 6.36. The zero-order valence-electron chi connectivity index (χ0n) is 9.74. The molecule has 1 unspecified atom stereocenters. The first-order valence-electron chi connectivity index (χ1n) is 5.89. The second-order valence-corrected chi connectivity index (χ2v) is 4.11. The molecule has 1 atom stereocenters. The molecule has 94 valence electrons. The van der Waals surface area contributed by atoms with E-state index in [-0.39, 0.29) is 11.9 Å². The Hall–Kier alpha value is -1.40. The predicted molar refractivity (Wildman–Crippen MR) is 62.5 cm³/mol. The molecule has 6 heteroatoms. The Kier molecular flexibility index (Phi) is 4.52. The van der Waals surface area contributed by atoms with E-state index in [2.05, 4.69) is 20.6 Å². The summed E-state index contributed by atoms with van der Waals surface area (Å²) >= 11 is 0. The van der Waals surface area contributed by atoms with Crippen LogP contribution in [-0.4, -0.2) is 48.2 Å². The fourth-order valence-electron chi connectivity index (χ4n) is 1.80. The average Bonchev–Trinajstić information content (AvgIpc) is 2.83. The summed E-state index contributed by atoms with van der Waals surface area (Å²) < 4.78 is 5.29. The van der Waals surface area contributed by atoms with Crippen LogP contribution >= 0.6 is 0 Å². The van der Waals surface area contributed by atoms with Crippen LogP contribution in [0, 0.1) is 0 Å². The van der Waals surface area contributed by atoms with Crippen LogP contribution in [0.3, 0.4) is 0 Å². The van der Waals surface area contributed by atoms with Gasteiger partial charge in [0.15, 0.2) is 0 Å². The number of ether oxygens (including phenoxy) is 1. The molecular formula is C11H18N4O2. The van der Waals surface area contributed by atoms with E-state index in [1.807, 2.05) is 0 Å². The molecule has 1 fully saturated rings. The number of nitrogens with zero attached hydrogens (tertiary/aromatic N) is 1. The highest BCUT2D eigenvalue weighted by Gasteiger charge is 2.16. The quantitative estimate of drug-likeness (QED) is 0.643. The van der Waals surface area contributed by atoms with E-state index in [1.165, 1.54) is 0 Å². The van der Waals surface area contributed by atoms with Crippen LogP contribution in [0.5, 0.6) is 0 Å². The lowest BCUT2D eigenvalue weighted by Gasteiger charge is -2.23. The number of carbonyl (C=O) groups is 1. The molecule has 0 aromatic carbocycles. The van der Waals surface area contributed by atoms with Crippen molar-refractivity contribution in [3.63, 3.8) is 0 Å². The van der Waals surface area contributed by atoms with E-state index in [1.54, 1.807) is 12.5 Å². The van der Waals surface area contributed by atoms with Crippen LogP contribution in [0.4, 0.5) is 0 Å². The van der Waals surface area contributed by atoms with Crippen LogP contribution in [0.15, 0.2) is 12.5 Å². The summed E-state index contributed by atoms with van der Waals surface area (Å²) in [6.07, 6.45) is 4.66. The number of aromatic nitrogens is 2. The van der Waals surface area contributed by atoms with Crippen LogP contribution in [-0.2, 0) is 16.0 Å². The molecule has 2 rings (SSSR count). The zero-order chi connectivity index (χ0) is 11.9. The summed E-state index contributed by atoms with van der Waals surface area (Å²) in [5.41, 5.74) is 1.03. The molecule has 0 radical (unpaired) electrons. The van der Waals surface area contributed by atoms with Gasteiger partial charge in [-0.05, 0) is 0 Å². The molecule has 1 aliphatic heterocycles. The van der Waals surface area contributed by atoms with Crippen molar-refractivity contribution in [2.75, 3.05) is 26.3 Å². The van der Waals surface area contributed by atoms with Gasteiger partial charge in [0.2, 0.25) is 5.91 Å². The number of aromatic amines is 1. The van der Waals surface area contributed by atoms with Crippen LogP contribution in [0.25, 0.3) is 0 Å². The molecule has 0 bridgehead atoms. The molecule has 1 aliphatic rings. The fourth-order valence-corrected chi connectivity index (χ4v) is 1.80. The van der Waals surface area contributed by atoms with Crippen molar-refractivity contribution in [3.8, 4) is 0 Å². The van der Waals surface area contributed by atoms with E-state index < -0.39 is 0 Å². The number of carbonyl (C=O) groups excluding carboxylic acids is 1. The van der Waals surface area contributed by atoms with Crippen molar-refractivity contribution in [2.24, 2.45) is 0 Å². The van der Waals surface area contributed by atoms with Crippen molar-refractivity contribution < 1.29 is 9.53 Å². The Bertz CT molecular complexity index is 333. The van der Waals surface area contributed by atoms with Gasteiger partial charge in [0.25, 0.3) is 0 Å². The van der Waals surface area contributed by atoms with E-state index in [0.717, 1.165) is 25.3 Å². The van der Waals surface area contributed by atoms with Gasteiger partial charge in [0, 0.05) is 43.9 Å². The van der Waals surface area contributed by atoms with Crippen molar-refractivity contribution in [1.82, 2.24) is 20.6 Å². The van der Waals surface area contributed by atoms with Gasteiger partial charge in [-0.15, -0.1) is 0 Å². The lowest BCUT2D eigenvalue weighted by Crippen LogP contribution is -2.44. The van der Waals surface area contributed by atoms with Crippen LogP contribution in [0.1, 0.15) is 12.1 Å². The largest absolute Gasteiger partial charge is 0.378 e. The number of morpholine rings is 1. The van der Waals surface area contributed by atoms with E-state index in [9.17, 15) is 4.79 Å². The van der Waals surface area contributed by atoms with Gasteiger partial charge in [-0.2, -0.15) is 0 Å². The average molecular weight is 238 g/mol. The van der Waals surface area contributed by atoms with E-state index in [0.29, 0.717) is 19.6 Å². The molecule has 0 aliphatic carbocycles. The van der Waals surface area contributed by atoms with Gasteiger partial charge in [-0.3, -0.25) is 4.79 Å². The summed E-state index contributed by atoms with van der Waals surface area (Å²) in [5.74, 6) is 0.0625. The van der Waals surface area contributed by atoms with Gasteiger partial charge in [0.1, 0.15) is 0 Å². The van der Waals surface area contributed by atoms with Crippen LogP contribution in [0.2, 0.25) is 0 Å². The highest BCUT2D eigenvalue weighted by molar-refractivity contribution is 5.76. The second-order valence-electron chi connectivity index (χ2n) is 4.11. The maximum Gasteiger partial charge on any atom is 0.221 e. The summed E-state index contributed by atoms with van der Waals surface area (Å²) in [6, 6.07) is 0.149. The highest BCUT2D eigenvalue weighted by atomic mass is 16.5. The minimum atomic E-state index is 0.0625. The van der Waals surface area contributed by atoms with Crippen molar-refractivity contribution in [3.05, 3.63) is 18.2 Å². The van der Waals surface area contributed by atoms with Crippen molar-refractivity contribution in [2.45, 2.75) is 18.9 Å². The summed E-state index contributed by atoms with van der Waals surface area (Å²) in [4.78, 5) is 18.5. The van der Waals surface area contributed by atoms with Crippen LogP contribution < -0.4 is 10.6 Å². The molecule has 0 spiro atoms. The molecule has 1 aromatic heterocycles. The molecule has 1 amide bonds. The van der Waals surface area contributed by atoms with Gasteiger partial charge in [0.05, 0.1) is 19.5 Å². The number of H-pyrrole nitrogens is 1. The summed E-state index contributed by atoms with van der Waals surface area (Å²) in [7, 11) is 0. The molecule has 1 saturated heterocycles. The number of nitrogens with one attached hydrogen (secondary N) is 3. The fraction of sp³-hybridized carbons (Fsp3) is 0.636. The third-order valence-electron chi connectivity index (χ3n) is 2.70. The number of hydrogen-bond acceptors (Lipinski definition) is 4. The Balaban J connectivity index is 1.60. The topological polar surface area (TPSA) is 79.0 Å². The molecular weight excluding hydrogens is 220 g/mol. The lowest BCUT2D eigenvalue weighted by molar-refractivity contribution is -0.122. The minimum absolute atomic E-state index is 0.0625. The number of imidazole rings is 1. The Morgan fingerprint density at radius 2 is 2.59 bits per heavy atom. The smallest absolute Gasteiger partial charge is 0.221 e. The third-order valence-corrected chi connectivity index (χ3v) is 2.70. The Labute approximate surface area is 100 Å². The standard InChI is InChI=1S/C11H18N4O2/c16-11(5-10-7-17-4-3-13-10)14-2-1-9-6-12-8-15-9/h6,8,10,13H,1-5,7H2,(H,12,15)(H,14,16). The first-order chi connectivity index (χ1) is 8.34. The molecule has 6 nitrogen and oxygen atoms in total. The van der Waals surface area contributed by atoms with Crippen molar-refractivity contribution in [1.29, 1.82) is 0 Å². The monoisotopic (exact) mass is 238 g/mol. The van der Waals surface area contributed by atoms with E-state index in [4.69, 9.17) is 4.74 Å². The Morgan fingerprint density at radius 3 is 3.29 bits per heavy atom. The molecule has 3 N–H and O–H groups in total. The third kappa shape index (κ3) is 4.16. The number of hydrogen-bond donors (Lipinski definition) is 3. The van der Waals surface area contributed by atoms with Gasteiger partial charge < -0.3 is 20.4 Å². The highest BCUT2D eigenvalue weighted by Crippen LogP contribution is 1.98. The molecule has 2 heterocycles. The van der Waals surface area contributed by atoms with Crippen molar-refractivity contribution >= 4 is 5.91 Å². The van der Waals surface area contributed by atoms with Gasteiger partial charge in [-0.25, -0.2) is 4.98 Å². The van der Waals surface area contributed by atoms with Gasteiger partial charge >= 0.3 is 0 Å². The summed E-state index contributed by atoms with van der Waals surface area (Å²) in [5, 5.41) is 6.14. The minimum Gasteiger partial charge on any atom is -0.378 e. The van der Waals surface area contributed by atoms with E-state index >= 15 is 0 Å². The number of amides is 1. The van der Waals surface area contributed by atoms with Gasteiger partial charge in [-0.1, -0.05) is 0 Å². The maximum atomic E-state index is 11.6. The zero-order valence-corrected chi connectivity index (χ0v) is 9.74. The first-order valence-corrected chi connectivity index (χ1v) is 5.89. The number of rotatable bonds is 5. The lowest BCUT2D eigenvalue weighted by atomic mass is 10.2. The molecule has 17 heavy (non-hydrogen) atoms. The molecule has 1 aromatic rings. The maximum absolute atomic E-state index is 11.6. The first kappa shape index (κ1) is 12.1. The SMILES string of the molecule is O=C(CC1COCCN1)NCCc1cnc[nH]1. The Morgan fingerprint density at radius 1 is 1.65 bits per heavy atom.